The van der Waals surface area contributed by atoms with Crippen LogP contribution >= 0.6 is 0 Å². The third kappa shape index (κ3) is 7.11. The molecule has 11 N–H and O–H groups in total. The first-order valence-electron chi connectivity index (χ1n) is 11.0. The van der Waals surface area contributed by atoms with Gasteiger partial charge in [-0.05, 0) is 0 Å². The molecule has 0 bridgehead atoms. The number of hydrogen-bond acceptors (Lipinski definition) is 17. The van der Waals surface area contributed by atoms with Crippen molar-refractivity contribution in [3.63, 3.8) is 0 Å². The average Bonchev–Trinajstić information content (AvgIpc) is 3.31. The molecule has 17 nitrogen and oxygen atoms in total. The normalized spacial score (nSPS) is 45.7. The molecule has 0 unspecified atom stereocenters. The Labute approximate surface area is 204 Å². The van der Waals surface area contributed by atoms with Gasteiger partial charge >= 0.3 is 0 Å². The van der Waals surface area contributed by atoms with Crippen molar-refractivity contribution < 1.29 is 84.7 Å². The standard InChI is InChI=1S/C16H28O14.C3H6O3/c17-1-4-7(20)10(23)15(27-4)29-12-8(21)6(3-19)28-16(11(12)24)30-13-9(22)5(2-18)26-14(13)25;4-1-3(6)2-5/h4-25H,1-3H2;1,3,5-6H,2H2/t4-,5-,6+,7-,8+,9-,10+,11+,12-,13+,14+,15-,16+;3-/m00/s1. The van der Waals surface area contributed by atoms with E-state index in [0.29, 0.717) is 0 Å². The van der Waals surface area contributed by atoms with Crippen LogP contribution in [0.4, 0.5) is 0 Å². The van der Waals surface area contributed by atoms with Gasteiger partial charge in [0.1, 0.15) is 67.1 Å². The van der Waals surface area contributed by atoms with Gasteiger partial charge in [0.2, 0.25) is 0 Å². The molecule has 0 aromatic rings. The summed E-state index contributed by atoms with van der Waals surface area (Å²) in [5, 5.41) is 104. The minimum atomic E-state index is -1.77. The summed E-state index contributed by atoms with van der Waals surface area (Å²) in [5.41, 5.74) is 0. The van der Waals surface area contributed by atoms with Crippen molar-refractivity contribution in [1.82, 2.24) is 0 Å². The predicted octanol–water partition coefficient (Wildman–Crippen LogP) is -7.76. The molecule has 3 saturated heterocycles. The molecule has 3 heterocycles. The highest BCUT2D eigenvalue weighted by Gasteiger charge is 2.53. The van der Waals surface area contributed by atoms with Gasteiger partial charge in [0.25, 0.3) is 0 Å². The lowest BCUT2D eigenvalue weighted by Crippen LogP contribution is -2.62. The Balaban J connectivity index is 0.000000678. The lowest BCUT2D eigenvalue weighted by molar-refractivity contribution is -0.346. The monoisotopic (exact) mass is 534 g/mol. The summed E-state index contributed by atoms with van der Waals surface area (Å²) < 4.78 is 26.2. The number of carbonyl (C=O) groups excluding carboxylic acids is 1. The molecular weight excluding hydrogens is 500 g/mol. The number of carbonyl (C=O) groups is 1. The van der Waals surface area contributed by atoms with Gasteiger partial charge in [-0.3, -0.25) is 0 Å². The maximum absolute atomic E-state index is 10.6. The Morgan fingerprint density at radius 1 is 0.639 bits per heavy atom. The smallest absolute Gasteiger partial charge is 0.187 e. The molecule has 0 spiro atoms. The molecule has 3 aliphatic heterocycles. The fourth-order valence-corrected chi connectivity index (χ4v) is 3.67. The first-order chi connectivity index (χ1) is 17.0. The largest absolute Gasteiger partial charge is 0.394 e. The van der Waals surface area contributed by atoms with E-state index in [1.807, 2.05) is 0 Å². The summed E-state index contributed by atoms with van der Waals surface area (Å²) in [7, 11) is 0. The third-order valence-corrected chi connectivity index (χ3v) is 5.74. The van der Waals surface area contributed by atoms with Gasteiger partial charge in [-0.15, -0.1) is 0 Å². The quantitative estimate of drug-likeness (QED) is 0.122. The molecule has 3 rings (SSSR count). The molecule has 0 amide bonds. The van der Waals surface area contributed by atoms with Crippen molar-refractivity contribution >= 4 is 6.29 Å². The summed E-state index contributed by atoms with van der Waals surface area (Å²) in [6.45, 7) is -2.44. The summed E-state index contributed by atoms with van der Waals surface area (Å²) in [4.78, 5) is 9.33. The Bertz CT molecular complexity index is 655. The highest BCUT2D eigenvalue weighted by molar-refractivity contribution is 5.55. The molecule has 0 saturated carbocycles. The van der Waals surface area contributed by atoms with Crippen LogP contribution in [0.25, 0.3) is 0 Å². The van der Waals surface area contributed by atoms with Gasteiger partial charge in [-0.1, -0.05) is 0 Å². The lowest BCUT2D eigenvalue weighted by atomic mass is 9.98. The minimum absolute atomic E-state index is 0.278. The van der Waals surface area contributed by atoms with E-state index in [0.717, 1.165) is 0 Å². The Hall–Kier alpha value is -0.970. The van der Waals surface area contributed by atoms with Crippen LogP contribution in [0.15, 0.2) is 0 Å². The van der Waals surface area contributed by atoms with Crippen molar-refractivity contribution in [2.75, 3.05) is 26.4 Å². The van der Waals surface area contributed by atoms with Gasteiger partial charge < -0.3 is 84.7 Å². The van der Waals surface area contributed by atoms with E-state index in [4.69, 9.17) is 44.1 Å². The van der Waals surface area contributed by atoms with Crippen LogP contribution < -0.4 is 0 Å². The van der Waals surface area contributed by atoms with E-state index in [-0.39, 0.29) is 6.29 Å². The molecule has 14 atom stereocenters. The molecule has 0 aromatic carbocycles. The summed E-state index contributed by atoms with van der Waals surface area (Å²) in [5.74, 6) is 0. The second kappa shape index (κ2) is 14.3. The van der Waals surface area contributed by atoms with E-state index >= 15 is 0 Å². The van der Waals surface area contributed by atoms with Gasteiger partial charge in [0.05, 0.1) is 26.4 Å². The SMILES string of the molecule is O=C[C@H](O)CO.OC[C@@H]1O[C@@H](O[C@@H]2[C@@H](O)[C@@H](O[C@@H]3[C@@H](O)[C@H](CO)O[C@H]3O)O[C@H](CO)[C@H]2O)[C@H](O)[C@H]1O. The summed E-state index contributed by atoms with van der Waals surface area (Å²) >= 11 is 0. The molecule has 0 radical (unpaired) electrons. The first kappa shape index (κ1) is 31.2. The van der Waals surface area contributed by atoms with Crippen LogP contribution in [0.3, 0.4) is 0 Å². The molecule has 36 heavy (non-hydrogen) atoms. The maximum atomic E-state index is 10.6. The Kier molecular flexibility index (Phi) is 12.4. The average molecular weight is 534 g/mol. The number of aldehydes is 1. The molecule has 17 heteroatoms. The molecule has 3 aliphatic rings. The molecule has 0 aromatic heterocycles. The van der Waals surface area contributed by atoms with Gasteiger partial charge in [0, 0.05) is 0 Å². The van der Waals surface area contributed by atoms with Gasteiger partial charge in [-0.2, -0.15) is 0 Å². The second-order valence-electron chi connectivity index (χ2n) is 8.24. The first-order valence-corrected chi connectivity index (χ1v) is 11.0. The molecule has 0 aliphatic carbocycles. The van der Waals surface area contributed by atoms with Crippen LogP contribution in [-0.2, 0) is 28.5 Å². The zero-order valence-corrected chi connectivity index (χ0v) is 18.9. The van der Waals surface area contributed by atoms with Crippen LogP contribution in [0, 0.1) is 0 Å². The summed E-state index contributed by atoms with van der Waals surface area (Å²) in [6.07, 6.45) is -20.3. The van der Waals surface area contributed by atoms with E-state index in [9.17, 15) is 40.5 Å². The molecule has 212 valence electrons. The van der Waals surface area contributed by atoms with Crippen molar-refractivity contribution in [2.45, 2.75) is 86.0 Å². The van der Waals surface area contributed by atoms with Crippen molar-refractivity contribution in [1.29, 1.82) is 0 Å². The maximum Gasteiger partial charge on any atom is 0.187 e. The summed E-state index contributed by atoms with van der Waals surface area (Å²) in [6, 6.07) is 0. The highest BCUT2D eigenvalue weighted by Crippen LogP contribution is 2.32. The number of rotatable bonds is 9. The van der Waals surface area contributed by atoms with Crippen molar-refractivity contribution in [3.8, 4) is 0 Å². The predicted molar refractivity (Wildman–Crippen MR) is 108 cm³/mol. The zero-order chi connectivity index (χ0) is 27.2. The number of aliphatic hydroxyl groups is 11. The Morgan fingerprint density at radius 3 is 1.50 bits per heavy atom. The molecular formula is C19H34O17. The van der Waals surface area contributed by atoms with Crippen LogP contribution in [-0.4, -0.2) is 175 Å². The number of aliphatic hydroxyl groups excluding tert-OH is 11. The molecule has 3 fully saturated rings. The third-order valence-electron chi connectivity index (χ3n) is 5.74. The van der Waals surface area contributed by atoms with Gasteiger partial charge in [0.15, 0.2) is 25.2 Å². The van der Waals surface area contributed by atoms with Crippen LogP contribution in [0.2, 0.25) is 0 Å². The van der Waals surface area contributed by atoms with Crippen LogP contribution in [0.1, 0.15) is 0 Å². The topological polar surface area (TPSA) is 286 Å². The van der Waals surface area contributed by atoms with E-state index in [1.165, 1.54) is 0 Å². The number of hydrogen-bond donors (Lipinski definition) is 11. The van der Waals surface area contributed by atoms with Gasteiger partial charge in [-0.25, -0.2) is 0 Å². The fraction of sp³-hybridized carbons (Fsp3) is 0.947. The Morgan fingerprint density at radius 2 is 1.08 bits per heavy atom. The lowest BCUT2D eigenvalue weighted by Gasteiger charge is -2.43. The fourth-order valence-electron chi connectivity index (χ4n) is 3.67. The van der Waals surface area contributed by atoms with E-state index in [1.54, 1.807) is 0 Å². The highest BCUT2D eigenvalue weighted by atomic mass is 16.8. The minimum Gasteiger partial charge on any atom is -0.394 e. The van der Waals surface area contributed by atoms with E-state index < -0.39 is 112 Å². The van der Waals surface area contributed by atoms with E-state index in [2.05, 4.69) is 0 Å². The van der Waals surface area contributed by atoms with Crippen molar-refractivity contribution in [3.05, 3.63) is 0 Å². The number of ether oxygens (including phenoxy) is 5. The van der Waals surface area contributed by atoms with Crippen LogP contribution in [0.5, 0.6) is 0 Å². The zero-order valence-electron chi connectivity index (χ0n) is 18.9. The second-order valence-corrected chi connectivity index (χ2v) is 8.24. The van der Waals surface area contributed by atoms with Crippen molar-refractivity contribution in [2.24, 2.45) is 0 Å².